The van der Waals surface area contributed by atoms with Gasteiger partial charge in [0.1, 0.15) is 0 Å². The minimum Gasteiger partial charge on any atom is -0.170 e. The standard InChI is InChI=1S/C14H20F6.C10H18.C10H22.C9H12F6.C9H20.2C7H16.C6H14.C5H12/c1-10-2-4-11(5-3-10)6-8-12(9-7-11,13(15,16)17)14(18,19)20;1-8-7-9-3-5-10(8,2)6-4-9;1-7-10(6,8-2)9(3,4)5;1-6-2-4-7(5-3-6,8(10,11)12)9(13,14)15;1-6-8(7-2)9(3,4)5;1-6(2)7(3,4)5;1-5-6-7(2,3)4;1-5-6(2,3)4;1-5(2,3)4/h10H,2-9H2,1H3;8-9H,3-7H2,1-2H3;7-8H2,1-6H3;6H,2-5H2,1H3;8H,6-7H2,1-5H3;6H,1-5H3;5-6H2,1-4H3;5H2,1-4H3;1-4H3/t;8-,9?,10?;;;;;;;/m.0......./s1. The third-order valence-corrected chi connectivity index (χ3v) is 22.3. The summed E-state index contributed by atoms with van der Waals surface area (Å²) in [6.45, 7) is 72.2. The molecule has 1 spiro atoms. The molecule has 6 aliphatic carbocycles. The van der Waals surface area contributed by atoms with Crippen molar-refractivity contribution in [1.29, 1.82) is 0 Å². The molecule has 0 amide bonds. The van der Waals surface area contributed by atoms with Crippen molar-refractivity contribution in [3.63, 3.8) is 0 Å². The van der Waals surface area contributed by atoms with E-state index in [1.54, 1.807) is 6.92 Å². The molecule has 6 saturated carbocycles. The number of fused-ring (bicyclic) bond motifs is 3. The molecule has 0 aliphatic heterocycles. The fourth-order valence-corrected chi connectivity index (χ4v) is 12.2. The summed E-state index contributed by atoms with van der Waals surface area (Å²) in [4.78, 5) is 0. The first-order valence-corrected chi connectivity index (χ1v) is 35.5. The van der Waals surface area contributed by atoms with Gasteiger partial charge < -0.3 is 0 Å². The van der Waals surface area contributed by atoms with Gasteiger partial charge >= 0.3 is 24.7 Å². The van der Waals surface area contributed by atoms with Crippen molar-refractivity contribution < 1.29 is 52.7 Å². The molecule has 0 radical (unpaired) electrons. The highest BCUT2D eigenvalue weighted by Crippen LogP contribution is 2.64. The van der Waals surface area contributed by atoms with Crippen molar-refractivity contribution in [2.45, 2.75) is 400 Å². The van der Waals surface area contributed by atoms with Crippen molar-refractivity contribution in [3.05, 3.63) is 0 Å². The second-order valence-corrected chi connectivity index (χ2v) is 36.9. The molecule has 0 aromatic rings. The van der Waals surface area contributed by atoms with Gasteiger partial charge in [0.05, 0.1) is 0 Å². The molecule has 0 unspecified atom stereocenters. The van der Waals surface area contributed by atoms with E-state index in [2.05, 4.69) is 215 Å². The van der Waals surface area contributed by atoms with Crippen molar-refractivity contribution in [2.75, 3.05) is 0 Å². The molecule has 6 rings (SSSR count). The Bertz CT molecular complexity index is 1720. The summed E-state index contributed by atoms with van der Waals surface area (Å²) in [5.74, 6) is 4.31. The minimum atomic E-state index is -5.20. The van der Waals surface area contributed by atoms with Crippen LogP contribution in [0, 0.1) is 95.1 Å². The molecular formula is C77H150F12. The van der Waals surface area contributed by atoms with Gasteiger partial charge in [0.2, 0.25) is 0 Å². The molecule has 0 aromatic heterocycles. The highest BCUT2D eigenvalue weighted by Gasteiger charge is 2.72. The average Bonchev–Trinajstić information content (AvgIpc) is 3.52. The van der Waals surface area contributed by atoms with Crippen molar-refractivity contribution >= 4 is 0 Å². The van der Waals surface area contributed by atoms with Gasteiger partial charge in [-0.3, -0.25) is 0 Å². The summed E-state index contributed by atoms with van der Waals surface area (Å²) >= 11 is 0. The molecule has 1 atom stereocenters. The molecular weight excluding hydrogens is 1150 g/mol. The van der Waals surface area contributed by atoms with Gasteiger partial charge in [-0.1, -0.05) is 273 Å². The van der Waals surface area contributed by atoms with Gasteiger partial charge in [-0.25, -0.2) is 0 Å². The van der Waals surface area contributed by atoms with Crippen LogP contribution in [-0.4, -0.2) is 24.7 Å². The lowest BCUT2D eigenvalue weighted by molar-refractivity contribution is -0.354. The molecule has 89 heavy (non-hydrogen) atoms. The van der Waals surface area contributed by atoms with Crippen LogP contribution in [0.15, 0.2) is 0 Å². The third kappa shape index (κ3) is 35.6. The van der Waals surface area contributed by atoms with E-state index in [0.717, 1.165) is 54.8 Å². The van der Waals surface area contributed by atoms with E-state index in [4.69, 9.17) is 0 Å². The lowest BCUT2D eigenvalue weighted by Gasteiger charge is -2.49. The maximum absolute atomic E-state index is 13.0. The first-order chi connectivity index (χ1) is 39.3. The maximum Gasteiger partial charge on any atom is 0.403 e. The average molecular weight is 1300 g/mol. The Kier molecular flexibility index (Phi) is 40.0. The summed E-state index contributed by atoms with van der Waals surface area (Å²) in [7, 11) is 0. The highest BCUT2D eigenvalue weighted by molar-refractivity contribution is 5.02. The van der Waals surface area contributed by atoms with Crippen molar-refractivity contribution in [1.82, 2.24) is 0 Å². The molecule has 0 saturated heterocycles. The zero-order chi connectivity index (χ0) is 71.9. The predicted octanol–water partition coefficient (Wildman–Crippen LogP) is 30.7. The molecule has 6 aliphatic rings. The number of hydrogen-bond acceptors (Lipinski definition) is 0. The van der Waals surface area contributed by atoms with Gasteiger partial charge in [-0.15, -0.1) is 0 Å². The lowest BCUT2D eigenvalue weighted by Crippen LogP contribution is -2.53. The Morgan fingerprint density at radius 2 is 0.685 bits per heavy atom. The topological polar surface area (TPSA) is 0 Å². The summed E-state index contributed by atoms with van der Waals surface area (Å²) in [5, 5.41) is 0. The lowest BCUT2D eigenvalue weighted by atomic mass is 9.57. The Morgan fingerprint density at radius 3 is 0.831 bits per heavy atom. The predicted molar refractivity (Wildman–Crippen MR) is 364 cm³/mol. The number of rotatable bonds is 5. The van der Waals surface area contributed by atoms with Crippen LogP contribution in [0.3, 0.4) is 0 Å². The molecule has 0 N–H and O–H groups in total. The van der Waals surface area contributed by atoms with Crippen LogP contribution < -0.4 is 0 Å². The van der Waals surface area contributed by atoms with Crippen LogP contribution in [0.5, 0.6) is 0 Å². The van der Waals surface area contributed by atoms with E-state index in [1.807, 2.05) is 0 Å². The summed E-state index contributed by atoms with van der Waals surface area (Å²) in [6.07, 6.45) is -3.82. The van der Waals surface area contributed by atoms with Crippen molar-refractivity contribution in [3.8, 4) is 0 Å². The van der Waals surface area contributed by atoms with E-state index >= 15 is 0 Å². The normalized spacial score (nSPS) is 22.6. The molecule has 12 heteroatoms. The fraction of sp³-hybridized carbons (Fsp3) is 1.00. The Morgan fingerprint density at radius 1 is 0.393 bits per heavy atom. The Labute approximate surface area is 545 Å². The number of alkyl halides is 12. The SMILES string of the molecule is CC(C)(C)C.CC(C)C(C)(C)C.CC1CCC(C(F)(F)F)(C(F)(F)F)CC1.CC1CCC2(CC1)CCC(C(F)(F)F)(C(F)(F)F)CC2.CCC(C)(C)C.CCC(C)(CC)C(C)(C)C.CCC(CC)C(C)(C)C.CCCC(C)(C)C.C[C@H]1CC2CCC1(C)CC2. The molecule has 542 valence electrons. The van der Waals surface area contributed by atoms with Crippen LogP contribution in [0.2, 0.25) is 0 Å². The summed E-state index contributed by atoms with van der Waals surface area (Å²) in [6, 6.07) is 0. The van der Waals surface area contributed by atoms with Gasteiger partial charge in [-0.2, -0.15) is 52.7 Å². The smallest absolute Gasteiger partial charge is 0.170 e. The Hall–Kier alpha value is -0.840. The van der Waals surface area contributed by atoms with E-state index < -0.39 is 61.2 Å². The summed E-state index contributed by atoms with van der Waals surface area (Å²) < 4.78 is 153. The zero-order valence-electron chi connectivity index (χ0n) is 64.5. The second-order valence-electron chi connectivity index (χ2n) is 36.9. The zero-order valence-corrected chi connectivity index (χ0v) is 64.5. The minimum absolute atomic E-state index is 0.0149. The van der Waals surface area contributed by atoms with E-state index in [1.165, 1.54) is 77.0 Å². The quantitative estimate of drug-likeness (QED) is 0.241. The number of hydrogen-bond donors (Lipinski definition) is 0. The van der Waals surface area contributed by atoms with Crippen LogP contribution in [0.25, 0.3) is 0 Å². The van der Waals surface area contributed by atoms with E-state index in [-0.39, 0.29) is 37.0 Å². The van der Waals surface area contributed by atoms with E-state index in [9.17, 15) is 52.7 Å². The van der Waals surface area contributed by atoms with Crippen molar-refractivity contribution in [2.24, 2.45) is 95.1 Å². The highest BCUT2D eigenvalue weighted by atomic mass is 19.4. The third-order valence-electron chi connectivity index (χ3n) is 22.3. The molecule has 2 bridgehead atoms. The molecule has 0 heterocycles. The first kappa shape index (κ1) is 94.6. The fourth-order valence-electron chi connectivity index (χ4n) is 12.2. The largest absolute Gasteiger partial charge is 0.403 e. The molecule has 0 nitrogen and oxygen atoms in total. The van der Waals surface area contributed by atoms with Gasteiger partial charge in [0.15, 0.2) is 10.8 Å². The Balaban J connectivity index is -0.000000474. The van der Waals surface area contributed by atoms with Crippen LogP contribution in [0.1, 0.15) is 376 Å². The van der Waals surface area contributed by atoms with Gasteiger partial charge in [0.25, 0.3) is 0 Å². The van der Waals surface area contributed by atoms with E-state index in [0.29, 0.717) is 43.8 Å². The number of halogens is 12. The maximum atomic E-state index is 13.0. The molecule has 0 aromatic carbocycles. The monoisotopic (exact) mass is 1300 g/mol. The van der Waals surface area contributed by atoms with Crippen LogP contribution >= 0.6 is 0 Å². The summed E-state index contributed by atoms with van der Waals surface area (Å²) in [5.41, 5.74) is -2.89. The second kappa shape index (κ2) is 37.6. The van der Waals surface area contributed by atoms with Gasteiger partial charge in [0, 0.05) is 0 Å². The van der Waals surface area contributed by atoms with Gasteiger partial charge in [-0.05, 0) is 187 Å². The van der Waals surface area contributed by atoms with Crippen LogP contribution in [-0.2, 0) is 0 Å². The first-order valence-electron chi connectivity index (χ1n) is 35.5. The van der Waals surface area contributed by atoms with Crippen LogP contribution in [0.4, 0.5) is 52.7 Å². The molecule has 6 fully saturated rings.